The number of amides is 8. The zero-order valence-electron chi connectivity index (χ0n) is 54.6. The van der Waals surface area contributed by atoms with Crippen LogP contribution in [0.1, 0.15) is 113 Å². The van der Waals surface area contributed by atoms with Crippen LogP contribution in [-0.4, -0.2) is 173 Å². The molecule has 91 heavy (non-hydrogen) atoms. The van der Waals surface area contributed by atoms with Crippen molar-refractivity contribution in [2.75, 3.05) is 19.1 Å². The second kappa shape index (κ2) is 38.0. The molecule has 8 amide bonds. The number of imidazole rings is 1. The molecular formula is C60H93N14O11S6+. The van der Waals surface area contributed by atoms with E-state index in [0.29, 0.717) is 34.9 Å². The molecule has 0 bridgehead atoms. The van der Waals surface area contributed by atoms with E-state index in [9.17, 15) is 48.3 Å². The van der Waals surface area contributed by atoms with Crippen LogP contribution in [0, 0.1) is 17.8 Å². The van der Waals surface area contributed by atoms with Gasteiger partial charge >= 0.3 is 0 Å². The first-order valence-electron chi connectivity index (χ1n) is 29.9. The molecule has 1 aromatic heterocycles. The molecule has 1 aliphatic rings. The number of methoxy groups -OCH3 is 1. The first-order valence-corrected chi connectivity index (χ1v) is 33.9. The van der Waals surface area contributed by atoms with Crippen LogP contribution in [0.3, 0.4) is 0 Å². The summed E-state index contributed by atoms with van der Waals surface area (Å²) in [4.78, 5) is 124. The van der Waals surface area contributed by atoms with Crippen molar-refractivity contribution in [2.45, 2.75) is 180 Å². The molecule has 0 fully saturated rings. The fourth-order valence-electron chi connectivity index (χ4n) is 9.12. The first-order chi connectivity index (χ1) is 42.6. The van der Waals surface area contributed by atoms with Gasteiger partial charge in [-0.1, -0.05) is 116 Å². The number of aromatic nitrogens is 2. The van der Waals surface area contributed by atoms with Gasteiger partial charge in [-0.3, -0.25) is 43.2 Å². The lowest BCUT2D eigenvalue weighted by atomic mass is 9.98. The van der Waals surface area contributed by atoms with Crippen molar-refractivity contribution < 1.29 is 57.6 Å². The number of carbonyl (C=O) groups excluding carboxylic acids is 9. The van der Waals surface area contributed by atoms with Crippen molar-refractivity contribution in [1.29, 1.82) is 0 Å². The van der Waals surface area contributed by atoms with Gasteiger partial charge in [-0.2, -0.15) is 11.8 Å². The second-order valence-corrected chi connectivity index (χ2v) is 27.3. The summed E-state index contributed by atoms with van der Waals surface area (Å²) in [6, 6.07) is -4.51. The van der Waals surface area contributed by atoms with E-state index in [2.05, 4.69) is 63.8 Å². The molecule has 0 saturated heterocycles. The minimum atomic E-state index is -1.63. The third-order valence-electron chi connectivity index (χ3n) is 15.0. The molecule has 0 saturated carbocycles. The molecule has 1 aromatic carbocycles. The smallest absolute Gasteiger partial charge is 0.287 e. The number of nitrogens with zero attached hydrogens (tertiary/aromatic N) is 2. The van der Waals surface area contributed by atoms with Crippen molar-refractivity contribution in [2.24, 2.45) is 31.8 Å². The first kappa shape index (κ1) is 78.9. The Bertz CT molecular complexity index is 2970. The van der Waals surface area contributed by atoms with Gasteiger partial charge in [-0.05, 0) is 87.0 Å². The number of aliphatic hydroxyl groups excluding tert-OH is 1. The van der Waals surface area contributed by atoms with E-state index in [-0.39, 0.29) is 38.9 Å². The van der Waals surface area contributed by atoms with Gasteiger partial charge in [0.1, 0.15) is 60.3 Å². The van der Waals surface area contributed by atoms with Gasteiger partial charge in [0.2, 0.25) is 53.5 Å². The van der Waals surface area contributed by atoms with Crippen molar-refractivity contribution in [1.82, 2.24) is 68.4 Å². The minimum absolute atomic E-state index is 0.0777. The average Bonchev–Trinajstić information content (AvgIpc) is 1.93. The molecule has 2 unspecified atom stereocenters. The Morgan fingerprint density at radius 3 is 1.90 bits per heavy atom. The fraction of sp³-hybridized carbons (Fsp3) is 0.600. The van der Waals surface area contributed by atoms with Gasteiger partial charge in [0.15, 0.2) is 5.69 Å². The number of thiocarbonyl (C=S) groups is 4. The van der Waals surface area contributed by atoms with Crippen LogP contribution in [0.25, 0.3) is 0 Å². The Kier molecular flexibility index (Phi) is 32.9. The summed E-state index contributed by atoms with van der Waals surface area (Å²) in [5.74, 6) is -6.06. The highest BCUT2D eigenvalue weighted by molar-refractivity contribution is 8.02. The number of benzene rings is 1. The van der Waals surface area contributed by atoms with Crippen molar-refractivity contribution >= 4 is 145 Å². The van der Waals surface area contributed by atoms with Gasteiger partial charge in [-0.15, -0.1) is 11.8 Å². The lowest BCUT2D eigenvalue weighted by Crippen LogP contribution is -2.62. The van der Waals surface area contributed by atoms with E-state index < -0.39 is 137 Å². The molecule has 31 heteroatoms. The molecule has 1 aliphatic heterocycles. The van der Waals surface area contributed by atoms with E-state index >= 15 is 0 Å². The molecule has 3 rings (SSSR count). The molecule has 13 N–H and O–H groups in total. The van der Waals surface area contributed by atoms with E-state index in [4.69, 9.17) is 53.6 Å². The highest BCUT2D eigenvalue weighted by atomic mass is 32.2. The van der Waals surface area contributed by atoms with E-state index in [1.807, 2.05) is 34.0 Å². The quantitative estimate of drug-likeness (QED) is 0.0357. The van der Waals surface area contributed by atoms with Crippen LogP contribution in [0.15, 0.2) is 48.4 Å². The van der Waals surface area contributed by atoms with Gasteiger partial charge in [0.05, 0.1) is 65.3 Å². The maximum absolute atomic E-state index is 14.5. The summed E-state index contributed by atoms with van der Waals surface area (Å²) in [5, 5.41) is 47.0. The number of Topliss-reactive ketones (excluding diaryl/α,β-unsaturated/α-hetero) is 1. The molecule has 25 nitrogen and oxygen atoms in total. The maximum Gasteiger partial charge on any atom is 0.287 e. The normalized spacial score (nSPS) is 21.6. The number of carbonyl (C=O) groups is 9. The van der Waals surface area contributed by atoms with Gasteiger partial charge < -0.3 is 73.6 Å². The number of nitrogens with one attached hydrogen (secondary N) is 12. The molecule has 0 aliphatic carbocycles. The predicted molar refractivity (Wildman–Crippen MR) is 370 cm³/mol. The third kappa shape index (κ3) is 24.6. The lowest BCUT2D eigenvalue weighted by molar-refractivity contribution is -0.671. The summed E-state index contributed by atoms with van der Waals surface area (Å²) in [7, 11) is 4.88. The summed E-state index contributed by atoms with van der Waals surface area (Å²) in [6.45, 7) is 20.1. The minimum Gasteiger partial charge on any atom is -0.497 e. The van der Waals surface area contributed by atoms with E-state index in [1.54, 1.807) is 113 Å². The number of thioether (sulfide) groups is 2. The van der Waals surface area contributed by atoms with Crippen LogP contribution in [0.4, 0.5) is 0 Å². The molecule has 14 atom stereocenters. The highest BCUT2D eigenvalue weighted by Gasteiger charge is 2.39. The van der Waals surface area contributed by atoms with Crippen molar-refractivity contribution in [3.05, 3.63) is 59.7 Å². The summed E-state index contributed by atoms with van der Waals surface area (Å²) in [5.41, 5.74) is 0.872. The number of aliphatic hydroxyl groups is 1. The predicted octanol–water partition coefficient (Wildman–Crippen LogP) is 1.17. The fourth-order valence-corrected chi connectivity index (χ4v) is 11.8. The Hall–Kier alpha value is -6.38. The van der Waals surface area contributed by atoms with Crippen LogP contribution in [0.2, 0.25) is 0 Å². The summed E-state index contributed by atoms with van der Waals surface area (Å²) in [6.07, 6.45) is 5.89. The van der Waals surface area contributed by atoms with Crippen LogP contribution >= 0.6 is 72.4 Å². The Morgan fingerprint density at radius 1 is 0.736 bits per heavy atom. The molecular weight excluding hydrogens is 1290 g/mol. The molecule has 2 aromatic rings. The third-order valence-corrected chi connectivity index (χ3v) is 18.3. The van der Waals surface area contributed by atoms with Crippen molar-refractivity contribution in [3.8, 4) is 5.75 Å². The van der Waals surface area contributed by atoms with Crippen molar-refractivity contribution in [3.63, 3.8) is 0 Å². The second-order valence-electron chi connectivity index (χ2n) is 23.2. The number of aryl methyl sites for hydroxylation is 2. The maximum atomic E-state index is 14.5. The zero-order valence-corrected chi connectivity index (χ0v) is 59.5. The standard InChI is InChI=1S/C60H92N14O11S6/c1-17-31(6)45(72-57(86)35(10)63-49(77)33(8)64-58(87)40(22-24-90-16)67-59(88)44(30(4)5)69-52(80)36(11)75)60(89)65-34(9)51(79)70-46-37(12)91-25-23-61-54(82)47(48(76)42-27-73(13)28-74(42)14)71-53(81)41(26-38-18-20-39(85-15)21-19-38)66-50(78)32(7)62-55(83)43(29(2)3)68-56(46)84/h18-21,23,25,27-35,37,40-41,43-48,76H,17,22,24,26H2,1-16H3,(H11-,61,62,63,64,65,66,67,68,69,70,71,72,77,78,79,80,81,82,83,84,86,87,88,89)/p+1/b25-23-/t31-,32-,33-,34-,35-,37?,40-,41-,43-,44-,45-,46+,47-,48?/m0/s1. The van der Waals surface area contributed by atoms with Crippen LogP contribution in [-0.2, 0) is 63.7 Å². The van der Waals surface area contributed by atoms with Gasteiger partial charge in [0, 0.05) is 24.8 Å². The molecule has 504 valence electrons. The largest absolute Gasteiger partial charge is 0.497 e. The molecule has 0 radical (unpaired) electrons. The highest BCUT2D eigenvalue weighted by Crippen LogP contribution is 2.21. The zero-order chi connectivity index (χ0) is 68.7. The Morgan fingerprint density at radius 2 is 1.34 bits per heavy atom. The monoisotopic (exact) mass is 1380 g/mol. The lowest BCUT2D eigenvalue weighted by Gasteiger charge is -2.32. The van der Waals surface area contributed by atoms with E-state index in [1.165, 1.54) is 32.6 Å². The van der Waals surface area contributed by atoms with E-state index in [0.717, 1.165) is 11.8 Å². The van der Waals surface area contributed by atoms with Gasteiger partial charge in [-0.25, -0.2) is 9.13 Å². The number of rotatable bonds is 26. The molecule has 2 heterocycles. The van der Waals surface area contributed by atoms with Gasteiger partial charge in [0.25, 0.3) is 5.91 Å². The average molecular weight is 1380 g/mol. The number of hydrogen-bond acceptors (Lipinski definition) is 17. The Labute approximate surface area is 564 Å². The van der Waals surface area contributed by atoms with Crippen LogP contribution < -0.4 is 73.1 Å². The summed E-state index contributed by atoms with van der Waals surface area (Å²) < 4.78 is 8.53. The molecule has 0 spiro atoms. The van der Waals surface area contributed by atoms with Crippen LogP contribution in [0.5, 0.6) is 5.75 Å². The number of ether oxygens (including phenoxy) is 1. The SMILES string of the molecule is CC[C@H](C)[C@H](NC(=S)[C@H](C)NC(=O)[C@H](C)NC(=S)[C@H](CCSC)NC(=S)[C@@H](NC(=O)C(C)=O)C(C)C)C(=S)N[C@@H](C)C(=O)N[C@H]1C(=O)N[C@@H](C(C)C)C(=O)N[C@@H](C)C(=O)N[C@@H](Cc2ccc(OC)cc2)C(=O)N[C@@H](C(O)c2c[n+](C)cn2C)C(=O)N/C=C\SC1C. The topological polar surface area (TPSA) is 336 Å². The number of ketones is 1. The Balaban J connectivity index is 1.87. The summed E-state index contributed by atoms with van der Waals surface area (Å²) >= 11 is 25.9. The number of hydrogen-bond donors (Lipinski definition) is 13.